The lowest BCUT2D eigenvalue weighted by Gasteiger charge is -2.25. The first-order valence-corrected chi connectivity index (χ1v) is 6.85. The Bertz CT molecular complexity index is 457. The van der Waals surface area contributed by atoms with Crippen molar-refractivity contribution < 1.29 is 14.3 Å². The van der Waals surface area contributed by atoms with Crippen molar-refractivity contribution in [2.45, 2.75) is 39.7 Å². The summed E-state index contributed by atoms with van der Waals surface area (Å²) in [6, 6.07) is -0.103. The van der Waals surface area contributed by atoms with Crippen LogP contribution in [-0.4, -0.2) is 46.1 Å². The third-order valence-electron chi connectivity index (χ3n) is 2.67. The second-order valence-electron chi connectivity index (χ2n) is 4.74. The fraction of sp³-hybridized carbons (Fsp3) is 0.667. The fourth-order valence-electron chi connectivity index (χ4n) is 1.55. The second-order valence-corrected chi connectivity index (χ2v) is 5.50. The molecule has 0 radical (unpaired) electrons. The van der Waals surface area contributed by atoms with Gasteiger partial charge in [0.25, 0.3) is 5.91 Å². The van der Waals surface area contributed by atoms with Crippen LogP contribution in [0.5, 0.6) is 0 Å². The van der Waals surface area contributed by atoms with E-state index in [1.165, 1.54) is 12.0 Å². The molecule has 19 heavy (non-hydrogen) atoms. The second kappa shape index (κ2) is 6.60. The van der Waals surface area contributed by atoms with Gasteiger partial charge in [0.15, 0.2) is 0 Å². The molecule has 1 heterocycles. The summed E-state index contributed by atoms with van der Waals surface area (Å²) in [5.41, 5.74) is 0.672. The molecule has 0 aromatic carbocycles. The zero-order valence-electron chi connectivity index (χ0n) is 11.8. The molecule has 0 aliphatic heterocycles. The number of esters is 1. The van der Waals surface area contributed by atoms with Crippen LogP contribution < -0.4 is 0 Å². The number of methoxy groups -OCH3 is 1. The minimum atomic E-state index is -0.439. The van der Waals surface area contributed by atoms with Crippen molar-refractivity contribution in [3.8, 4) is 0 Å². The molecule has 0 bridgehead atoms. The van der Waals surface area contributed by atoms with Crippen LogP contribution in [0.15, 0.2) is 0 Å². The van der Waals surface area contributed by atoms with E-state index in [4.69, 9.17) is 0 Å². The van der Waals surface area contributed by atoms with Crippen molar-refractivity contribution in [3.05, 3.63) is 10.6 Å². The monoisotopic (exact) mass is 285 g/mol. The zero-order chi connectivity index (χ0) is 14.6. The van der Waals surface area contributed by atoms with Crippen LogP contribution in [0.3, 0.4) is 0 Å². The van der Waals surface area contributed by atoms with Gasteiger partial charge in [0.05, 0.1) is 12.8 Å². The number of carbonyl (C=O) groups excluding carboxylic acids is 2. The average molecular weight is 285 g/mol. The Labute approximate surface area is 116 Å². The predicted molar refractivity (Wildman–Crippen MR) is 72.2 cm³/mol. The number of aromatic nitrogens is 2. The zero-order valence-corrected chi connectivity index (χ0v) is 12.7. The molecule has 0 aliphatic rings. The molecule has 1 rings (SSSR count). The summed E-state index contributed by atoms with van der Waals surface area (Å²) in [5.74, 6) is -0.547. The maximum absolute atomic E-state index is 12.5. The molecule has 0 fully saturated rings. The molecule has 106 valence electrons. The molecule has 1 amide bonds. The van der Waals surface area contributed by atoms with E-state index in [2.05, 4.69) is 14.3 Å². The number of nitrogens with zero attached hydrogens (tertiary/aromatic N) is 3. The minimum Gasteiger partial charge on any atom is -0.468 e. The molecule has 0 atom stereocenters. The highest BCUT2D eigenvalue weighted by atomic mass is 32.1. The van der Waals surface area contributed by atoms with Gasteiger partial charge in [-0.3, -0.25) is 9.59 Å². The van der Waals surface area contributed by atoms with E-state index in [-0.39, 0.29) is 24.4 Å². The molecule has 6 nitrogen and oxygen atoms in total. The van der Waals surface area contributed by atoms with Gasteiger partial charge in [0.2, 0.25) is 0 Å². The number of ether oxygens (including phenoxy) is 1. The summed E-state index contributed by atoms with van der Waals surface area (Å²) in [7, 11) is 1.30. The fourth-order valence-corrected chi connectivity index (χ4v) is 2.32. The summed E-state index contributed by atoms with van der Waals surface area (Å²) < 4.78 is 8.45. The maximum Gasteiger partial charge on any atom is 0.325 e. The van der Waals surface area contributed by atoms with Crippen LogP contribution in [0.1, 0.15) is 49.0 Å². The third kappa shape index (κ3) is 3.73. The summed E-state index contributed by atoms with van der Waals surface area (Å²) in [6.07, 6.45) is 0. The van der Waals surface area contributed by atoms with Crippen molar-refractivity contribution in [1.29, 1.82) is 0 Å². The van der Waals surface area contributed by atoms with E-state index >= 15 is 0 Å². The van der Waals surface area contributed by atoms with Crippen LogP contribution in [-0.2, 0) is 9.53 Å². The van der Waals surface area contributed by atoms with Gasteiger partial charge in [-0.15, -0.1) is 5.10 Å². The molecule has 0 N–H and O–H groups in total. The smallest absolute Gasteiger partial charge is 0.325 e. The SMILES string of the molecule is COC(=O)CN(C(=O)c1snnc1C(C)C)C(C)C. The molecule has 0 unspecified atom stereocenters. The highest BCUT2D eigenvalue weighted by Gasteiger charge is 2.27. The number of amides is 1. The molecule has 7 heteroatoms. The number of carbonyl (C=O) groups is 2. The van der Waals surface area contributed by atoms with E-state index in [0.717, 1.165) is 11.5 Å². The van der Waals surface area contributed by atoms with Crippen molar-refractivity contribution in [2.75, 3.05) is 13.7 Å². The topological polar surface area (TPSA) is 72.4 Å². The molecule has 1 aromatic rings. The van der Waals surface area contributed by atoms with E-state index < -0.39 is 5.97 Å². The Morgan fingerprint density at radius 2 is 1.95 bits per heavy atom. The number of hydrogen-bond acceptors (Lipinski definition) is 6. The summed E-state index contributed by atoms with van der Waals surface area (Å²) >= 11 is 1.06. The van der Waals surface area contributed by atoms with E-state index in [0.29, 0.717) is 10.6 Å². The molecular formula is C12H19N3O3S. The van der Waals surface area contributed by atoms with Crippen LogP contribution >= 0.6 is 11.5 Å². The van der Waals surface area contributed by atoms with Gasteiger partial charge < -0.3 is 9.64 Å². The van der Waals surface area contributed by atoms with Gasteiger partial charge in [0, 0.05) is 6.04 Å². The lowest BCUT2D eigenvalue weighted by atomic mass is 10.1. The van der Waals surface area contributed by atoms with Crippen molar-refractivity contribution in [2.24, 2.45) is 0 Å². The minimum absolute atomic E-state index is 0.0670. The molecular weight excluding hydrogens is 266 g/mol. The first-order chi connectivity index (χ1) is 8.88. The van der Waals surface area contributed by atoms with E-state index in [9.17, 15) is 9.59 Å². The van der Waals surface area contributed by atoms with Gasteiger partial charge in [-0.25, -0.2) is 0 Å². The highest BCUT2D eigenvalue weighted by Crippen LogP contribution is 2.22. The Morgan fingerprint density at radius 3 is 2.42 bits per heavy atom. The van der Waals surface area contributed by atoms with Gasteiger partial charge in [0.1, 0.15) is 11.4 Å². The quantitative estimate of drug-likeness (QED) is 0.770. The molecule has 0 spiro atoms. The van der Waals surface area contributed by atoms with Crippen molar-refractivity contribution in [3.63, 3.8) is 0 Å². The van der Waals surface area contributed by atoms with Crippen LogP contribution in [0.2, 0.25) is 0 Å². The normalized spacial score (nSPS) is 10.9. The summed E-state index contributed by atoms with van der Waals surface area (Å²) in [4.78, 5) is 25.8. The highest BCUT2D eigenvalue weighted by molar-refractivity contribution is 7.08. The largest absolute Gasteiger partial charge is 0.468 e. The Kier molecular flexibility index (Phi) is 5.41. The van der Waals surface area contributed by atoms with Gasteiger partial charge in [-0.2, -0.15) is 0 Å². The third-order valence-corrected chi connectivity index (χ3v) is 3.40. The van der Waals surface area contributed by atoms with Gasteiger partial charge in [-0.05, 0) is 31.3 Å². The molecule has 0 aliphatic carbocycles. The molecule has 0 saturated carbocycles. The predicted octanol–water partition coefficient (Wildman–Crippen LogP) is 1.69. The van der Waals surface area contributed by atoms with E-state index in [1.807, 2.05) is 27.7 Å². The van der Waals surface area contributed by atoms with Crippen LogP contribution in [0.25, 0.3) is 0 Å². The summed E-state index contributed by atoms with van der Waals surface area (Å²) in [6.45, 7) is 7.54. The van der Waals surface area contributed by atoms with Crippen molar-refractivity contribution in [1.82, 2.24) is 14.5 Å². The first-order valence-electron chi connectivity index (χ1n) is 6.08. The van der Waals surface area contributed by atoms with Crippen LogP contribution in [0.4, 0.5) is 0 Å². The van der Waals surface area contributed by atoms with E-state index in [1.54, 1.807) is 0 Å². The number of hydrogen-bond donors (Lipinski definition) is 0. The Balaban J connectivity index is 2.99. The average Bonchev–Trinajstić information content (AvgIpc) is 2.83. The lowest BCUT2D eigenvalue weighted by molar-refractivity contribution is -0.141. The summed E-state index contributed by atoms with van der Waals surface area (Å²) in [5, 5.41) is 3.98. The van der Waals surface area contributed by atoms with Gasteiger partial charge in [-0.1, -0.05) is 18.3 Å². The van der Waals surface area contributed by atoms with Crippen molar-refractivity contribution >= 4 is 23.4 Å². The molecule has 1 aromatic heterocycles. The number of rotatable bonds is 5. The lowest BCUT2D eigenvalue weighted by Crippen LogP contribution is -2.41. The Morgan fingerprint density at radius 1 is 1.32 bits per heavy atom. The Hall–Kier alpha value is -1.50. The standard InChI is InChI=1S/C12H19N3O3S/c1-7(2)10-11(19-14-13-10)12(17)15(8(3)4)6-9(16)18-5/h7-8H,6H2,1-5H3. The maximum atomic E-state index is 12.5. The first kappa shape index (κ1) is 15.6. The molecule has 0 saturated heterocycles. The van der Waals surface area contributed by atoms with Gasteiger partial charge >= 0.3 is 5.97 Å². The van der Waals surface area contributed by atoms with Crippen LogP contribution in [0, 0.1) is 0 Å².